The van der Waals surface area contributed by atoms with Crippen molar-refractivity contribution in [1.82, 2.24) is 19.7 Å². The lowest BCUT2D eigenvalue weighted by Gasteiger charge is -2.15. The van der Waals surface area contributed by atoms with Gasteiger partial charge >= 0.3 is 0 Å². The van der Waals surface area contributed by atoms with Crippen molar-refractivity contribution in [2.75, 3.05) is 0 Å². The summed E-state index contributed by atoms with van der Waals surface area (Å²) in [7, 11) is -1.47. The molecule has 0 bridgehead atoms. The molecule has 0 fully saturated rings. The van der Waals surface area contributed by atoms with E-state index in [1.54, 1.807) is 0 Å². The Labute approximate surface area is 209 Å². The average Bonchev–Trinajstić information content (AvgIpc) is 3.47. The zero-order valence-electron chi connectivity index (χ0n) is 20.4. The number of hydrogen-bond donors (Lipinski definition) is 0. The van der Waals surface area contributed by atoms with Gasteiger partial charge in [-0.25, -0.2) is 4.98 Å². The predicted molar refractivity (Wildman–Crippen MR) is 150 cm³/mol. The van der Waals surface area contributed by atoms with E-state index in [1.165, 1.54) is 5.19 Å². The van der Waals surface area contributed by atoms with Crippen LogP contribution >= 0.6 is 0 Å². The Morgan fingerprint density at radius 2 is 1.50 bits per heavy atom. The molecule has 0 radical (unpaired) electrons. The van der Waals surface area contributed by atoms with Gasteiger partial charge < -0.3 is 4.42 Å². The zero-order chi connectivity index (χ0) is 24.4. The Morgan fingerprint density at radius 1 is 0.722 bits per heavy atom. The molecule has 3 heterocycles. The van der Waals surface area contributed by atoms with E-state index in [4.69, 9.17) is 9.40 Å². The molecule has 0 amide bonds. The standard InChI is InChI=1S/C30H24N4OSi/c1-36(2,3)20-16-17-21-22-13-9-14-24(28(22)35-26(21)18-20)30-31-29-27(34(30)19-10-5-4-6-11-19)23-12-7-8-15-25(23)32-33-29/h4-18H,1-3H3. The largest absolute Gasteiger partial charge is 0.455 e. The highest BCUT2D eigenvalue weighted by Gasteiger charge is 2.23. The molecule has 0 saturated heterocycles. The highest BCUT2D eigenvalue weighted by molar-refractivity contribution is 6.88. The molecule has 0 unspecified atom stereocenters. The first-order valence-electron chi connectivity index (χ1n) is 12.1. The van der Waals surface area contributed by atoms with Crippen LogP contribution in [0.25, 0.3) is 61.1 Å². The van der Waals surface area contributed by atoms with Gasteiger partial charge in [-0.15, -0.1) is 10.2 Å². The maximum Gasteiger partial charge on any atom is 0.201 e. The summed E-state index contributed by atoms with van der Waals surface area (Å²) in [6.45, 7) is 7.07. The molecule has 7 rings (SSSR count). The summed E-state index contributed by atoms with van der Waals surface area (Å²) < 4.78 is 8.76. The van der Waals surface area contributed by atoms with Crippen LogP contribution in [-0.4, -0.2) is 27.8 Å². The molecule has 0 aliphatic heterocycles. The van der Waals surface area contributed by atoms with Crippen LogP contribution in [-0.2, 0) is 0 Å². The van der Waals surface area contributed by atoms with E-state index in [0.717, 1.165) is 55.4 Å². The highest BCUT2D eigenvalue weighted by atomic mass is 28.3. The Morgan fingerprint density at radius 3 is 2.33 bits per heavy atom. The lowest BCUT2D eigenvalue weighted by atomic mass is 10.1. The van der Waals surface area contributed by atoms with Crippen molar-refractivity contribution in [3.05, 3.63) is 91.0 Å². The lowest BCUT2D eigenvalue weighted by Crippen LogP contribution is -2.37. The summed E-state index contributed by atoms with van der Waals surface area (Å²) in [4.78, 5) is 5.02. The Balaban J connectivity index is 1.59. The third-order valence-corrected chi connectivity index (χ3v) is 8.93. The van der Waals surface area contributed by atoms with Crippen LogP contribution in [0.1, 0.15) is 0 Å². The van der Waals surface area contributed by atoms with E-state index >= 15 is 0 Å². The van der Waals surface area contributed by atoms with E-state index in [9.17, 15) is 0 Å². The molecule has 5 nitrogen and oxygen atoms in total. The molecule has 36 heavy (non-hydrogen) atoms. The molecule has 0 N–H and O–H groups in total. The molecule has 174 valence electrons. The van der Waals surface area contributed by atoms with Gasteiger partial charge in [0, 0.05) is 21.8 Å². The molecule has 0 aliphatic carbocycles. The van der Waals surface area contributed by atoms with Gasteiger partial charge in [-0.3, -0.25) is 4.57 Å². The normalized spacial score (nSPS) is 12.3. The van der Waals surface area contributed by atoms with Gasteiger partial charge in [0.05, 0.1) is 19.2 Å². The second kappa shape index (κ2) is 7.60. The fourth-order valence-electron chi connectivity index (χ4n) is 5.03. The maximum atomic E-state index is 6.58. The van der Waals surface area contributed by atoms with Crippen LogP contribution in [0.4, 0.5) is 0 Å². The number of imidazole rings is 1. The minimum Gasteiger partial charge on any atom is -0.455 e. The van der Waals surface area contributed by atoms with Gasteiger partial charge in [0.2, 0.25) is 5.65 Å². The molecule has 6 heteroatoms. The summed E-state index contributed by atoms with van der Waals surface area (Å²) in [5.41, 5.74) is 6.11. The summed E-state index contributed by atoms with van der Waals surface area (Å²) in [5.74, 6) is 0.789. The first-order chi connectivity index (χ1) is 17.5. The van der Waals surface area contributed by atoms with E-state index in [0.29, 0.717) is 5.65 Å². The van der Waals surface area contributed by atoms with Crippen LogP contribution in [0.3, 0.4) is 0 Å². The van der Waals surface area contributed by atoms with Crippen molar-refractivity contribution >= 4 is 57.3 Å². The summed E-state index contributed by atoms with van der Waals surface area (Å²) in [5, 5.41) is 13.5. The molecule has 3 aromatic heterocycles. The predicted octanol–water partition coefficient (Wildman–Crippen LogP) is 7.08. The quantitative estimate of drug-likeness (QED) is 0.251. The van der Waals surface area contributed by atoms with Crippen LogP contribution in [0.15, 0.2) is 95.4 Å². The minimum atomic E-state index is -1.47. The van der Waals surface area contributed by atoms with Gasteiger partial charge in [-0.05, 0) is 30.3 Å². The van der Waals surface area contributed by atoms with E-state index in [1.807, 2.05) is 36.4 Å². The Kier molecular flexibility index (Phi) is 4.44. The topological polar surface area (TPSA) is 56.7 Å². The highest BCUT2D eigenvalue weighted by Crippen LogP contribution is 2.38. The fourth-order valence-corrected chi connectivity index (χ4v) is 6.18. The number of aromatic nitrogens is 4. The van der Waals surface area contributed by atoms with Gasteiger partial charge in [0.15, 0.2) is 5.82 Å². The lowest BCUT2D eigenvalue weighted by molar-refractivity contribution is 0.669. The first-order valence-corrected chi connectivity index (χ1v) is 15.6. The molecular formula is C30H24N4OSi. The molecular weight excluding hydrogens is 460 g/mol. The van der Waals surface area contributed by atoms with Crippen LogP contribution in [0.5, 0.6) is 0 Å². The number of para-hydroxylation sites is 2. The molecule has 0 spiro atoms. The number of nitrogens with zero attached hydrogens (tertiary/aromatic N) is 4. The van der Waals surface area contributed by atoms with E-state index < -0.39 is 8.07 Å². The number of fused-ring (bicyclic) bond motifs is 6. The van der Waals surface area contributed by atoms with Crippen molar-refractivity contribution in [3.8, 4) is 17.1 Å². The fraction of sp³-hybridized carbons (Fsp3) is 0.100. The second-order valence-electron chi connectivity index (χ2n) is 10.2. The van der Waals surface area contributed by atoms with E-state index in [2.05, 4.69) is 89.0 Å². The smallest absolute Gasteiger partial charge is 0.201 e. The van der Waals surface area contributed by atoms with Gasteiger partial charge in [0.1, 0.15) is 16.7 Å². The van der Waals surface area contributed by atoms with Crippen LogP contribution in [0.2, 0.25) is 19.6 Å². The molecule has 4 aromatic carbocycles. The third-order valence-electron chi connectivity index (χ3n) is 6.89. The van der Waals surface area contributed by atoms with Crippen LogP contribution in [0, 0.1) is 0 Å². The van der Waals surface area contributed by atoms with E-state index in [-0.39, 0.29) is 0 Å². The second-order valence-corrected chi connectivity index (χ2v) is 15.3. The summed E-state index contributed by atoms with van der Waals surface area (Å²) in [6.07, 6.45) is 0. The maximum absolute atomic E-state index is 6.58. The van der Waals surface area contributed by atoms with Crippen molar-refractivity contribution in [1.29, 1.82) is 0 Å². The number of hydrogen-bond acceptors (Lipinski definition) is 4. The van der Waals surface area contributed by atoms with Crippen molar-refractivity contribution in [2.24, 2.45) is 0 Å². The average molecular weight is 485 g/mol. The number of benzene rings is 4. The number of rotatable bonds is 3. The molecule has 0 atom stereocenters. The minimum absolute atomic E-state index is 0.613. The third kappa shape index (κ3) is 3.11. The monoisotopic (exact) mass is 484 g/mol. The number of furan rings is 1. The van der Waals surface area contributed by atoms with Crippen molar-refractivity contribution in [3.63, 3.8) is 0 Å². The van der Waals surface area contributed by atoms with Crippen molar-refractivity contribution < 1.29 is 4.42 Å². The van der Waals surface area contributed by atoms with Crippen molar-refractivity contribution in [2.45, 2.75) is 19.6 Å². The SMILES string of the molecule is C[Si](C)(C)c1ccc2c(c1)oc1c(-c3nc4nnc5ccccc5c4n3-c3ccccc3)cccc12. The molecule has 7 aromatic rings. The van der Waals surface area contributed by atoms with Gasteiger partial charge in [0.25, 0.3) is 0 Å². The Bertz CT molecular complexity index is 1930. The first kappa shape index (κ1) is 21.0. The Hall–Kier alpha value is -4.29. The van der Waals surface area contributed by atoms with Gasteiger partial charge in [-0.1, -0.05) is 85.5 Å². The zero-order valence-corrected chi connectivity index (χ0v) is 21.4. The summed E-state index contributed by atoms with van der Waals surface area (Å²) >= 11 is 0. The molecule has 0 saturated carbocycles. The summed E-state index contributed by atoms with van der Waals surface area (Å²) in [6, 6.07) is 31.4. The van der Waals surface area contributed by atoms with Gasteiger partial charge in [-0.2, -0.15) is 0 Å². The molecule has 0 aliphatic rings. The van der Waals surface area contributed by atoms with Crippen LogP contribution < -0.4 is 5.19 Å².